The number of benzene rings is 1. The minimum absolute atomic E-state index is 0.493. The Morgan fingerprint density at radius 2 is 1.95 bits per heavy atom. The summed E-state index contributed by atoms with van der Waals surface area (Å²) in [6.07, 6.45) is 3.08. The van der Waals surface area contributed by atoms with Gasteiger partial charge in [0.1, 0.15) is 0 Å². The summed E-state index contributed by atoms with van der Waals surface area (Å²) in [6.45, 7) is 7.39. The molecule has 0 unspecified atom stereocenters. The standard InChI is InChI=1S/C16H23N3/c1-5-16-15(11-19(4)18-16)14-9-7-6-8-13(14)10-17-12(2)3/h6-9,11-12,17H,5,10H2,1-4H3. The van der Waals surface area contributed by atoms with Crippen molar-refractivity contribution in [2.24, 2.45) is 7.05 Å². The molecular formula is C16H23N3. The first-order valence-corrected chi connectivity index (χ1v) is 6.96. The highest BCUT2D eigenvalue weighted by Crippen LogP contribution is 2.26. The summed E-state index contributed by atoms with van der Waals surface area (Å²) in [5, 5.41) is 8.03. The summed E-state index contributed by atoms with van der Waals surface area (Å²) in [5.74, 6) is 0. The van der Waals surface area contributed by atoms with Gasteiger partial charge in [-0.05, 0) is 17.5 Å². The largest absolute Gasteiger partial charge is 0.310 e. The predicted octanol–water partition coefficient (Wildman–Crippen LogP) is 3.15. The van der Waals surface area contributed by atoms with Gasteiger partial charge < -0.3 is 5.32 Å². The Hall–Kier alpha value is -1.61. The zero-order chi connectivity index (χ0) is 13.8. The molecule has 0 spiro atoms. The van der Waals surface area contributed by atoms with E-state index < -0.39 is 0 Å². The fraction of sp³-hybridized carbons (Fsp3) is 0.438. The van der Waals surface area contributed by atoms with E-state index in [0.29, 0.717) is 6.04 Å². The van der Waals surface area contributed by atoms with Gasteiger partial charge in [-0.3, -0.25) is 4.68 Å². The van der Waals surface area contributed by atoms with E-state index in [1.54, 1.807) is 0 Å². The van der Waals surface area contributed by atoms with Gasteiger partial charge in [0.05, 0.1) is 5.69 Å². The average Bonchev–Trinajstić information content (AvgIpc) is 2.77. The SMILES string of the molecule is CCc1nn(C)cc1-c1ccccc1CNC(C)C. The number of hydrogen-bond donors (Lipinski definition) is 1. The van der Waals surface area contributed by atoms with Crippen LogP contribution >= 0.6 is 0 Å². The van der Waals surface area contributed by atoms with Crippen molar-refractivity contribution in [1.29, 1.82) is 0 Å². The monoisotopic (exact) mass is 257 g/mol. The first kappa shape index (κ1) is 13.8. The summed E-state index contributed by atoms with van der Waals surface area (Å²) < 4.78 is 1.90. The molecule has 0 saturated carbocycles. The van der Waals surface area contributed by atoms with E-state index in [-0.39, 0.29) is 0 Å². The van der Waals surface area contributed by atoms with E-state index in [0.717, 1.165) is 13.0 Å². The molecule has 0 saturated heterocycles. The molecule has 0 fully saturated rings. The van der Waals surface area contributed by atoms with Crippen LogP contribution in [0.1, 0.15) is 32.0 Å². The van der Waals surface area contributed by atoms with Crippen molar-refractivity contribution in [3.05, 3.63) is 41.7 Å². The van der Waals surface area contributed by atoms with Gasteiger partial charge in [0.2, 0.25) is 0 Å². The molecule has 1 N–H and O–H groups in total. The molecule has 3 nitrogen and oxygen atoms in total. The van der Waals surface area contributed by atoms with Crippen LogP contribution in [0.15, 0.2) is 30.5 Å². The molecule has 19 heavy (non-hydrogen) atoms. The molecule has 1 heterocycles. The smallest absolute Gasteiger partial charge is 0.0700 e. The maximum atomic E-state index is 4.54. The lowest BCUT2D eigenvalue weighted by atomic mass is 9.99. The van der Waals surface area contributed by atoms with E-state index in [2.05, 4.69) is 61.6 Å². The highest BCUT2D eigenvalue weighted by atomic mass is 15.2. The van der Waals surface area contributed by atoms with Crippen molar-refractivity contribution in [2.75, 3.05) is 0 Å². The van der Waals surface area contributed by atoms with Gasteiger partial charge in [0.25, 0.3) is 0 Å². The second-order valence-corrected chi connectivity index (χ2v) is 5.21. The second kappa shape index (κ2) is 6.02. The van der Waals surface area contributed by atoms with Crippen molar-refractivity contribution in [3.63, 3.8) is 0 Å². The highest BCUT2D eigenvalue weighted by Gasteiger charge is 2.11. The molecule has 0 aliphatic heterocycles. The molecule has 3 heteroatoms. The van der Waals surface area contributed by atoms with Gasteiger partial charge in [-0.15, -0.1) is 0 Å². The van der Waals surface area contributed by atoms with Crippen molar-refractivity contribution in [2.45, 2.75) is 39.8 Å². The highest BCUT2D eigenvalue weighted by molar-refractivity contribution is 5.69. The van der Waals surface area contributed by atoms with Crippen LogP contribution in [0.2, 0.25) is 0 Å². The van der Waals surface area contributed by atoms with E-state index in [1.165, 1.54) is 22.4 Å². The molecule has 1 aromatic heterocycles. The van der Waals surface area contributed by atoms with E-state index in [4.69, 9.17) is 0 Å². The Morgan fingerprint density at radius 1 is 1.21 bits per heavy atom. The van der Waals surface area contributed by atoms with Crippen molar-refractivity contribution >= 4 is 0 Å². The molecule has 0 radical (unpaired) electrons. The van der Waals surface area contributed by atoms with Crippen LogP contribution in [0.3, 0.4) is 0 Å². The molecule has 0 aliphatic carbocycles. The number of nitrogens with zero attached hydrogens (tertiary/aromatic N) is 2. The number of aryl methyl sites for hydroxylation is 2. The van der Waals surface area contributed by atoms with Gasteiger partial charge in [-0.25, -0.2) is 0 Å². The topological polar surface area (TPSA) is 29.9 Å². The summed E-state index contributed by atoms with van der Waals surface area (Å²) >= 11 is 0. The van der Waals surface area contributed by atoms with Crippen molar-refractivity contribution < 1.29 is 0 Å². The molecule has 0 aliphatic rings. The fourth-order valence-electron chi connectivity index (χ4n) is 2.27. The third-order valence-corrected chi connectivity index (χ3v) is 3.25. The Bertz CT molecular complexity index is 541. The first-order chi connectivity index (χ1) is 9.11. The van der Waals surface area contributed by atoms with Crippen LogP contribution in [-0.4, -0.2) is 15.8 Å². The van der Waals surface area contributed by atoms with Gasteiger partial charge in [0.15, 0.2) is 0 Å². The Morgan fingerprint density at radius 3 is 2.63 bits per heavy atom. The molecule has 2 aromatic rings. The quantitative estimate of drug-likeness (QED) is 0.891. The lowest BCUT2D eigenvalue weighted by molar-refractivity contribution is 0.589. The Kier molecular flexibility index (Phi) is 4.38. The maximum Gasteiger partial charge on any atom is 0.0700 e. The maximum absolute atomic E-state index is 4.54. The third-order valence-electron chi connectivity index (χ3n) is 3.25. The minimum atomic E-state index is 0.493. The second-order valence-electron chi connectivity index (χ2n) is 5.21. The van der Waals surface area contributed by atoms with Crippen LogP contribution in [0.4, 0.5) is 0 Å². The Balaban J connectivity index is 2.38. The molecule has 1 aromatic carbocycles. The molecule has 0 atom stereocenters. The summed E-state index contributed by atoms with van der Waals surface area (Å²) in [7, 11) is 1.98. The van der Waals surface area contributed by atoms with Crippen LogP contribution in [0.25, 0.3) is 11.1 Å². The summed E-state index contributed by atoms with van der Waals surface area (Å²) in [4.78, 5) is 0. The van der Waals surface area contributed by atoms with Crippen LogP contribution in [-0.2, 0) is 20.0 Å². The molecule has 2 rings (SSSR count). The zero-order valence-corrected chi connectivity index (χ0v) is 12.3. The minimum Gasteiger partial charge on any atom is -0.310 e. The molecular weight excluding hydrogens is 234 g/mol. The van der Waals surface area contributed by atoms with E-state index in [9.17, 15) is 0 Å². The summed E-state index contributed by atoms with van der Waals surface area (Å²) in [6, 6.07) is 9.07. The van der Waals surface area contributed by atoms with Gasteiger partial charge in [-0.2, -0.15) is 5.10 Å². The number of aromatic nitrogens is 2. The molecule has 102 valence electrons. The summed E-state index contributed by atoms with van der Waals surface area (Å²) in [5.41, 5.74) is 5.05. The van der Waals surface area contributed by atoms with E-state index >= 15 is 0 Å². The number of rotatable bonds is 5. The van der Waals surface area contributed by atoms with Crippen LogP contribution in [0, 0.1) is 0 Å². The fourth-order valence-corrected chi connectivity index (χ4v) is 2.27. The van der Waals surface area contributed by atoms with Crippen LogP contribution < -0.4 is 5.32 Å². The Labute approximate surface area is 115 Å². The first-order valence-electron chi connectivity index (χ1n) is 6.96. The van der Waals surface area contributed by atoms with Crippen molar-refractivity contribution in [1.82, 2.24) is 15.1 Å². The van der Waals surface area contributed by atoms with Gasteiger partial charge in [0, 0.05) is 31.4 Å². The average molecular weight is 257 g/mol. The van der Waals surface area contributed by atoms with Crippen LogP contribution in [0.5, 0.6) is 0 Å². The van der Waals surface area contributed by atoms with Gasteiger partial charge in [-0.1, -0.05) is 45.0 Å². The lowest BCUT2D eigenvalue weighted by Crippen LogP contribution is -2.22. The predicted molar refractivity (Wildman–Crippen MR) is 80.0 cm³/mol. The number of hydrogen-bond acceptors (Lipinski definition) is 2. The number of nitrogens with one attached hydrogen (secondary N) is 1. The van der Waals surface area contributed by atoms with Gasteiger partial charge >= 0.3 is 0 Å². The molecule has 0 bridgehead atoms. The normalized spacial score (nSPS) is 11.2. The molecule has 0 amide bonds. The van der Waals surface area contributed by atoms with E-state index in [1.807, 2.05) is 11.7 Å². The van der Waals surface area contributed by atoms with Crippen molar-refractivity contribution in [3.8, 4) is 11.1 Å². The lowest BCUT2D eigenvalue weighted by Gasteiger charge is -2.12. The third kappa shape index (κ3) is 3.24. The zero-order valence-electron chi connectivity index (χ0n) is 12.3.